The van der Waals surface area contributed by atoms with E-state index >= 15 is 0 Å². The number of nitro benzene ring substituents is 1. The van der Waals surface area contributed by atoms with Crippen LogP contribution < -0.4 is 10.0 Å². The zero-order valence-electron chi connectivity index (χ0n) is 14.4. The molecular weight excluding hydrogens is 324 g/mol. The van der Waals surface area contributed by atoms with Crippen molar-refractivity contribution in [1.29, 1.82) is 0 Å². The fraction of sp³-hybridized carbons (Fsp3) is 0.278. The summed E-state index contributed by atoms with van der Waals surface area (Å²) in [7, 11) is 4.10. The monoisotopic (exact) mass is 346 g/mol. The molecule has 2 aromatic rings. The third-order valence-electron chi connectivity index (χ3n) is 3.84. The summed E-state index contributed by atoms with van der Waals surface area (Å²) in [5.74, 6) is -1.34. The van der Waals surface area contributed by atoms with E-state index in [1.54, 1.807) is 0 Å². The standard InChI is InChI=1S/C11H17NO.C7H5NO4/c1-9(12(2)3)11(13)10-7-5-4-6-8-10;9-7(10)5-1-3-6(4-2-5)8(11)12/h4-9,11,13H,1-3H3;1-4H,(H,9,10)/t9-,11-;/m0./s1. The number of benzene rings is 2. The number of nitrogens with one attached hydrogen (secondary N) is 1. The van der Waals surface area contributed by atoms with Crippen LogP contribution in [0.15, 0.2) is 54.6 Å². The zero-order chi connectivity index (χ0) is 19.0. The molecule has 25 heavy (non-hydrogen) atoms. The molecule has 0 unspecified atom stereocenters. The van der Waals surface area contributed by atoms with Crippen LogP contribution in [0.1, 0.15) is 28.9 Å². The van der Waals surface area contributed by atoms with Gasteiger partial charge in [0, 0.05) is 12.1 Å². The molecule has 2 N–H and O–H groups in total. The molecule has 0 amide bonds. The Labute approximate surface area is 146 Å². The van der Waals surface area contributed by atoms with Gasteiger partial charge >= 0.3 is 0 Å². The second-order valence-corrected chi connectivity index (χ2v) is 5.81. The number of aromatic carboxylic acids is 1. The van der Waals surface area contributed by atoms with E-state index in [0.29, 0.717) is 0 Å². The van der Waals surface area contributed by atoms with Crippen LogP contribution in [0.2, 0.25) is 0 Å². The van der Waals surface area contributed by atoms with Crippen molar-refractivity contribution in [2.75, 3.05) is 14.1 Å². The minimum absolute atomic E-state index is 0.0689. The van der Waals surface area contributed by atoms with Crippen LogP contribution in [-0.2, 0) is 0 Å². The molecule has 0 saturated heterocycles. The van der Waals surface area contributed by atoms with Crippen molar-refractivity contribution in [2.45, 2.75) is 19.1 Å². The zero-order valence-corrected chi connectivity index (χ0v) is 14.4. The maximum absolute atomic E-state index is 10.2. The normalized spacial score (nSPS) is 12.7. The van der Waals surface area contributed by atoms with E-state index in [1.165, 1.54) is 4.90 Å². The van der Waals surface area contributed by atoms with Crippen molar-refractivity contribution < 1.29 is 24.8 Å². The predicted octanol–water partition coefficient (Wildman–Crippen LogP) is 0.211. The van der Waals surface area contributed by atoms with E-state index in [4.69, 9.17) is 0 Å². The largest absolute Gasteiger partial charge is 0.545 e. The van der Waals surface area contributed by atoms with Gasteiger partial charge < -0.3 is 19.9 Å². The summed E-state index contributed by atoms with van der Waals surface area (Å²) in [5, 5.41) is 30.3. The van der Waals surface area contributed by atoms with Crippen LogP contribution in [-0.4, -0.2) is 36.1 Å². The average molecular weight is 346 g/mol. The summed E-state index contributed by atoms with van der Waals surface area (Å²) in [6.07, 6.45) is -0.369. The van der Waals surface area contributed by atoms with E-state index in [0.717, 1.165) is 29.8 Å². The number of nitrogens with zero attached hydrogens (tertiary/aromatic N) is 1. The second kappa shape index (κ2) is 9.51. The fourth-order valence-corrected chi connectivity index (χ4v) is 1.97. The van der Waals surface area contributed by atoms with Gasteiger partial charge in [0.1, 0.15) is 12.1 Å². The molecular formula is C18H22N2O5. The molecule has 0 spiro atoms. The van der Waals surface area contributed by atoms with Crippen molar-refractivity contribution in [3.05, 3.63) is 75.8 Å². The molecule has 0 aliphatic rings. The summed E-state index contributed by atoms with van der Waals surface area (Å²) >= 11 is 0. The summed E-state index contributed by atoms with van der Waals surface area (Å²) in [5.41, 5.74) is 0.789. The first-order chi connectivity index (χ1) is 11.7. The van der Waals surface area contributed by atoms with Gasteiger partial charge in [-0.3, -0.25) is 10.1 Å². The van der Waals surface area contributed by atoms with Gasteiger partial charge in [0.05, 0.1) is 25.0 Å². The van der Waals surface area contributed by atoms with Crippen LogP contribution in [0.3, 0.4) is 0 Å². The van der Waals surface area contributed by atoms with Crippen LogP contribution in [0, 0.1) is 10.1 Å². The van der Waals surface area contributed by atoms with Crippen LogP contribution in [0.4, 0.5) is 5.69 Å². The Morgan fingerprint density at radius 2 is 1.60 bits per heavy atom. The first kappa shape index (κ1) is 20.3. The fourth-order valence-electron chi connectivity index (χ4n) is 1.97. The number of hydrogen-bond donors (Lipinski definition) is 2. The Balaban J connectivity index is 0.000000251. The molecule has 0 heterocycles. The second-order valence-electron chi connectivity index (χ2n) is 5.81. The smallest absolute Gasteiger partial charge is 0.269 e. The van der Waals surface area contributed by atoms with E-state index < -0.39 is 10.9 Å². The third kappa shape index (κ3) is 6.33. The van der Waals surface area contributed by atoms with Gasteiger partial charge in [-0.05, 0) is 30.2 Å². The first-order valence-electron chi connectivity index (χ1n) is 7.73. The van der Waals surface area contributed by atoms with Crippen molar-refractivity contribution >= 4 is 11.7 Å². The van der Waals surface area contributed by atoms with Gasteiger partial charge in [0.15, 0.2) is 0 Å². The van der Waals surface area contributed by atoms with Gasteiger partial charge in [-0.2, -0.15) is 0 Å². The number of aliphatic hydroxyl groups is 1. The Hall–Kier alpha value is -2.77. The highest BCUT2D eigenvalue weighted by Crippen LogP contribution is 2.14. The molecule has 0 aromatic heterocycles. The van der Waals surface area contributed by atoms with E-state index in [2.05, 4.69) is 14.1 Å². The molecule has 0 aliphatic carbocycles. The van der Waals surface area contributed by atoms with Gasteiger partial charge in [-0.25, -0.2) is 0 Å². The third-order valence-corrected chi connectivity index (χ3v) is 3.84. The number of carbonyl (C=O) groups excluding carboxylic acids is 1. The molecule has 0 fully saturated rings. The summed E-state index contributed by atoms with van der Waals surface area (Å²) in [6, 6.07) is 14.5. The maximum Gasteiger partial charge on any atom is 0.269 e. The number of hydrogen-bond acceptors (Lipinski definition) is 5. The molecule has 7 heteroatoms. The minimum atomic E-state index is -1.34. The number of aliphatic hydroxyl groups excluding tert-OH is 1. The van der Waals surface area contributed by atoms with Crippen LogP contribution in [0.5, 0.6) is 0 Å². The topological polar surface area (TPSA) is 108 Å². The molecule has 0 aliphatic heterocycles. The molecule has 0 saturated carbocycles. The maximum atomic E-state index is 10.2. The van der Waals surface area contributed by atoms with Crippen molar-refractivity contribution in [2.24, 2.45) is 0 Å². The number of likely N-dealkylation sites (N-methyl/N-ethyl adjacent to an activating group) is 1. The van der Waals surface area contributed by atoms with Gasteiger partial charge in [-0.15, -0.1) is 0 Å². The van der Waals surface area contributed by atoms with Gasteiger partial charge in [-0.1, -0.05) is 30.3 Å². The van der Waals surface area contributed by atoms with Crippen molar-refractivity contribution in [3.8, 4) is 0 Å². The number of carboxylic acid groups (broad SMARTS) is 1. The number of nitro groups is 1. The minimum Gasteiger partial charge on any atom is -0.545 e. The summed E-state index contributed by atoms with van der Waals surface area (Å²) in [6.45, 7) is 2.05. The highest BCUT2D eigenvalue weighted by Gasteiger charge is 2.20. The van der Waals surface area contributed by atoms with Gasteiger partial charge in [0.2, 0.25) is 0 Å². The molecule has 134 valence electrons. The van der Waals surface area contributed by atoms with Gasteiger partial charge in [0.25, 0.3) is 5.69 Å². The van der Waals surface area contributed by atoms with E-state index in [-0.39, 0.29) is 23.4 Å². The SMILES string of the molecule is C[C@@H]([C@H](O)c1ccccc1)[NH+](C)C.O=C([O-])c1ccc([N+](=O)[O-])cc1. The average Bonchev–Trinajstić information content (AvgIpc) is 2.61. The lowest BCUT2D eigenvalue weighted by Crippen LogP contribution is -3.10. The van der Waals surface area contributed by atoms with E-state index in [9.17, 15) is 25.1 Å². The highest BCUT2D eigenvalue weighted by atomic mass is 16.6. The molecule has 2 atom stereocenters. The Morgan fingerprint density at radius 3 is 2.00 bits per heavy atom. The summed E-state index contributed by atoms with van der Waals surface area (Å²) < 4.78 is 0. The molecule has 0 radical (unpaired) electrons. The molecule has 2 aromatic carbocycles. The molecule has 0 bridgehead atoms. The Kier molecular flexibility index (Phi) is 7.71. The lowest BCUT2D eigenvalue weighted by Gasteiger charge is -2.22. The Morgan fingerprint density at radius 1 is 1.08 bits per heavy atom. The number of non-ortho nitro benzene ring substituents is 1. The molecule has 2 rings (SSSR count). The highest BCUT2D eigenvalue weighted by molar-refractivity contribution is 5.85. The first-order valence-corrected chi connectivity index (χ1v) is 7.73. The number of carbonyl (C=O) groups is 1. The van der Waals surface area contributed by atoms with Crippen molar-refractivity contribution in [3.63, 3.8) is 0 Å². The quantitative estimate of drug-likeness (QED) is 0.594. The van der Waals surface area contributed by atoms with Crippen LogP contribution in [0.25, 0.3) is 0 Å². The molecule has 7 nitrogen and oxygen atoms in total. The van der Waals surface area contributed by atoms with Crippen molar-refractivity contribution in [1.82, 2.24) is 0 Å². The number of quaternary nitrogens is 1. The predicted molar refractivity (Wildman–Crippen MR) is 91.1 cm³/mol. The number of carboxylic acids is 1. The lowest BCUT2D eigenvalue weighted by molar-refractivity contribution is -0.888. The van der Waals surface area contributed by atoms with E-state index in [1.807, 2.05) is 37.3 Å². The lowest BCUT2D eigenvalue weighted by atomic mass is 10.0. The van der Waals surface area contributed by atoms with Crippen LogP contribution >= 0.6 is 0 Å². The number of rotatable bonds is 5. The Bertz CT molecular complexity index is 653. The summed E-state index contributed by atoms with van der Waals surface area (Å²) in [4.78, 5) is 21.0.